The SMILES string of the molecule is Cc1nn(Cc2cccc(C(=O)Nc3ccc(N4CC[C@H]5CN(C)C[C@H]54)cc3)c2)c(C)c1Br. The number of hydrogen-bond donors (Lipinski definition) is 1. The van der Waals surface area contributed by atoms with Crippen molar-refractivity contribution in [2.75, 3.05) is 36.9 Å². The number of fused-ring (bicyclic) bond motifs is 1. The van der Waals surface area contributed by atoms with Gasteiger partial charge < -0.3 is 15.1 Å². The lowest BCUT2D eigenvalue weighted by atomic mass is 10.0. The molecule has 2 atom stereocenters. The number of carbonyl (C=O) groups is 1. The third-order valence-electron chi connectivity index (χ3n) is 7.00. The highest BCUT2D eigenvalue weighted by molar-refractivity contribution is 9.10. The Kier molecular flexibility index (Phi) is 6.01. The molecular formula is C26H30BrN5O. The number of rotatable bonds is 5. The molecule has 3 aromatic rings. The molecule has 1 N–H and O–H groups in total. The van der Waals surface area contributed by atoms with Crippen molar-refractivity contribution in [2.45, 2.75) is 32.9 Å². The van der Waals surface area contributed by atoms with Gasteiger partial charge in [-0.05, 0) is 91.1 Å². The third kappa shape index (κ3) is 4.44. The Bertz CT molecular complexity index is 1170. The van der Waals surface area contributed by atoms with Crippen LogP contribution < -0.4 is 10.2 Å². The first-order valence-electron chi connectivity index (χ1n) is 11.5. The first-order valence-corrected chi connectivity index (χ1v) is 12.3. The van der Waals surface area contributed by atoms with Crippen molar-refractivity contribution in [3.05, 3.63) is 75.5 Å². The number of carbonyl (C=O) groups excluding carboxylic acids is 1. The van der Waals surface area contributed by atoms with Crippen molar-refractivity contribution in [1.82, 2.24) is 14.7 Å². The molecule has 0 bridgehead atoms. The van der Waals surface area contributed by atoms with Gasteiger partial charge in [0.05, 0.1) is 22.4 Å². The van der Waals surface area contributed by atoms with Gasteiger partial charge in [0.2, 0.25) is 0 Å². The first-order chi connectivity index (χ1) is 15.9. The normalized spacial score (nSPS) is 20.3. The van der Waals surface area contributed by atoms with Crippen molar-refractivity contribution >= 4 is 33.2 Å². The van der Waals surface area contributed by atoms with Gasteiger partial charge in [0.1, 0.15) is 0 Å². The van der Waals surface area contributed by atoms with Crippen molar-refractivity contribution < 1.29 is 4.79 Å². The summed E-state index contributed by atoms with van der Waals surface area (Å²) < 4.78 is 2.99. The maximum absolute atomic E-state index is 12.9. The van der Waals surface area contributed by atoms with Gasteiger partial charge in [0.15, 0.2) is 0 Å². The molecule has 3 heterocycles. The Morgan fingerprint density at radius 3 is 2.67 bits per heavy atom. The second kappa shape index (κ2) is 8.95. The van der Waals surface area contributed by atoms with Crippen molar-refractivity contribution in [2.24, 2.45) is 5.92 Å². The van der Waals surface area contributed by atoms with Gasteiger partial charge in [0, 0.05) is 42.6 Å². The molecule has 2 aliphatic heterocycles. The zero-order chi connectivity index (χ0) is 23.1. The maximum Gasteiger partial charge on any atom is 0.255 e. The van der Waals surface area contributed by atoms with Gasteiger partial charge in [0.25, 0.3) is 5.91 Å². The zero-order valence-corrected chi connectivity index (χ0v) is 21.0. The summed E-state index contributed by atoms with van der Waals surface area (Å²) in [5.74, 6) is 0.676. The third-order valence-corrected chi connectivity index (χ3v) is 8.15. The van der Waals surface area contributed by atoms with Crippen LogP contribution in [-0.2, 0) is 6.54 Å². The van der Waals surface area contributed by atoms with E-state index < -0.39 is 0 Å². The Labute approximate surface area is 203 Å². The monoisotopic (exact) mass is 507 g/mol. The average Bonchev–Trinajstić information content (AvgIpc) is 3.43. The number of nitrogens with one attached hydrogen (secondary N) is 1. The molecule has 1 aromatic heterocycles. The highest BCUT2D eigenvalue weighted by Gasteiger charge is 2.39. The van der Waals surface area contributed by atoms with Gasteiger partial charge in [-0.1, -0.05) is 12.1 Å². The lowest BCUT2D eigenvalue weighted by Gasteiger charge is -2.26. The molecule has 0 unspecified atom stereocenters. The van der Waals surface area contributed by atoms with E-state index in [2.05, 4.69) is 55.3 Å². The van der Waals surface area contributed by atoms with Crippen LogP contribution in [0.3, 0.4) is 0 Å². The standard InChI is InChI=1S/C26H30BrN5O/c1-17-25(27)18(2)32(29-17)14-19-5-4-6-20(13-19)26(33)28-22-7-9-23(10-8-22)31-12-11-21-15-30(3)16-24(21)31/h4-10,13,21,24H,11-12,14-16H2,1-3H3,(H,28,33)/t21-,24+/m0/s1. The molecule has 2 fully saturated rings. The van der Waals surface area contributed by atoms with E-state index in [0.29, 0.717) is 18.2 Å². The minimum absolute atomic E-state index is 0.0993. The Balaban J connectivity index is 1.25. The molecule has 0 aliphatic carbocycles. The minimum atomic E-state index is -0.0993. The molecule has 6 nitrogen and oxygen atoms in total. The number of likely N-dealkylation sites (N-methyl/N-ethyl adjacent to an activating group) is 1. The second-order valence-electron chi connectivity index (χ2n) is 9.37. The highest BCUT2D eigenvalue weighted by Crippen LogP contribution is 2.34. The number of anilines is 2. The van der Waals surface area contributed by atoms with Crippen LogP contribution in [0.1, 0.15) is 33.7 Å². The lowest BCUT2D eigenvalue weighted by molar-refractivity contribution is 0.102. The van der Waals surface area contributed by atoms with Gasteiger partial charge in [-0.15, -0.1) is 0 Å². The topological polar surface area (TPSA) is 53.4 Å². The number of benzene rings is 2. The fourth-order valence-electron chi connectivity index (χ4n) is 5.25. The molecule has 2 aromatic carbocycles. The number of amides is 1. The van der Waals surface area contributed by atoms with Crippen LogP contribution in [-0.4, -0.2) is 53.3 Å². The Morgan fingerprint density at radius 1 is 1.15 bits per heavy atom. The molecular weight excluding hydrogens is 478 g/mol. The predicted molar refractivity (Wildman–Crippen MR) is 136 cm³/mol. The number of likely N-dealkylation sites (tertiary alicyclic amines) is 1. The average molecular weight is 508 g/mol. The van der Waals surface area contributed by atoms with Gasteiger partial charge in [-0.2, -0.15) is 5.10 Å². The molecule has 2 aliphatic rings. The van der Waals surface area contributed by atoms with Gasteiger partial charge in [-0.3, -0.25) is 9.48 Å². The maximum atomic E-state index is 12.9. The van der Waals surface area contributed by atoms with E-state index >= 15 is 0 Å². The molecule has 2 saturated heterocycles. The minimum Gasteiger partial charge on any atom is -0.367 e. The number of aryl methyl sites for hydroxylation is 1. The summed E-state index contributed by atoms with van der Waals surface area (Å²) in [6.45, 7) is 8.10. The Hall–Kier alpha value is -2.64. The summed E-state index contributed by atoms with van der Waals surface area (Å²) in [6, 6.07) is 16.6. The molecule has 33 heavy (non-hydrogen) atoms. The van der Waals surface area contributed by atoms with Crippen LogP contribution in [0.5, 0.6) is 0 Å². The molecule has 0 spiro atoms. The summed E-state index contributed by atoms with van der Waals surface area (Å²) in [7, 11) is 2.21. The van der Waals surface area contributed by atoms with Crippen molar-refractivity contribution in [3.63, 3.8) is 0 Å². The molecule has 5 rings (SSSR count). The fourth-order valence-corrected chi connectivity index (χ4v) is 5.53. The number of aromatic nitrogens is 2. The molecule has 0 saturated carbocycles. The number of nitrogens with zero attached hydrogens (tertiary/aromatic N) is 4. The predicted octanol–water partition coefficient (Wildman–Crippen LogP) is 4.70. The second-order valence-corrected chi connectivity index (χ2v) is 10.2. The lowest BCUT2D eigenvalue weighted by Crippen LogP contribution is -2.34. The first kappa shape index (κ1) is 22.2. The van der Waals surface area contributed by atoms with E-state index in [4.69, 9.17) is 0 Å². The van der Waals surface area contributed by atoms with E-state index in [0.717, 1.165) is 46.1 Å². The number of hydrogen-bond acceptors (Lipinski definition) is 4. The molecule has 7 heteroatoms. The van der Waals surface area contributed by atoms with E-state index in [1.807, 2.05) is 54.9 Å². The van der Waals surface area contributed by atoms with Gasteiger partial charge >= 0.3 is 0 Å². The summed E-state index contributed by atoms with van der Waals surface area (Å²) in [6.07, 6.45) is 1.26. The summed E-state index contributed by atoms with van der Waals surface area (Å²) in [5.41, 5.74) is 5.80. The summed E-state index contributed by atoms with van der Waals surface area (Å²) in [5, 5.41) is 7.62. The smallest absolute Gasteiger partial charge is 0.255 e. The molecule has 172 valence electrons. The van der Waals surface area contributed by atoms with Crippen molar-refractivity contribution in [3.8, 4) is 0 Å². The molecule has 0 radical (unpaired) electrons. The van der Waals surface area contributed by atoms with Crippen LogP contribution in [0.4, 0.5) is 11.4 Å². The summed E-state index contributed by atoms with van der Waals surface area (Å²) >= 11 is 3.58. The number of halogens is 1. The van der Waals surface area contributed by atoms with Crippen LogP contribution >= 0.6 is 15.9 Å². The van der Waals surface area contributed by atoms with Crippen molar-refractivity contribution in [1.29, 1.82) is 0 Å². The largest absolute Gasteiger partial charge is 0.367 e. The van der Waals surface area contributed by atoms with Crippen LogP contribution in [0.25, 0.3) is 0 Å². The van der Waals surface area contributed by atoms with Crippen LogP contribution in [0.15, 0.2) is 53.0 Å². The van der Waals surface area contributed by atoms with E-state index in [9.17, 15) is 4.79 Å². The Morgan fingerprint density at radius 2 is 1.94 bits per heavy atom. The van der Waals surface area contributed by atoms with Crippen LogP contribution in [0, 0.1) is 19.8 Å². The summed E-state index contributed by atoms with van der Waals surface area (Å²) in [4.78, 5) is 17.9. The van der Waals surface area contributed by atoms with E-state index in [1.165, 1.54) is 18.7 Å². The van der Waals surface area contributed by atoms with Gasteiger partial charge in [-0.25, -0.2) is 0 Å². The van der Waals surface area contributed by atoms with E-state index in [1.54, 1.807) is 0 Å². The quantitative estimate of drug-likeness (QED) is 0.543. The highest BCUT2D eigenvalue weighted by atomic mass is 79.9. The fraction of sp³-hybridized carbons (Fsp3) is 0.385. The molecule has 1 amide bonds. The van der Waals surface area contributed by atoms with Crippen LogP contribution in [0.2, 0.25) is 0 Å². The zero-order valence-electron chi connectivity index (χ0n) is 19.4. The van der Waals surface area contributed by atoms with E-state index in [-0.39, 0.29) is 5.91 Å².